The van der Waals surface area contributed by atoms with Crippen molar-refractivity contribution in [3.63, 3.8) is 0 Å². The zero-order chi connectivity index (χ0) is 15.8. The molecule has 0 aromatic carbocycles. The molecule has 0 aliphatic carbocycles. The van der Waals surface area contributed by atoms with Gasteiger partial charge in [0.15, 0.2) is 11.9 Å². The smallest absolute Gasteiger partial charge is 0.393 e. The van der Waals surface area contributed by atoms with E-state index >= 15 is 0 Å². The Morgan fingerprint density at radius 3 is 2.52 bits per heavy atom. The third-order valence-electron chi connectivity index (χ3n) is 3.10. The Morgan fingerprint density at radius 1 is 1.38 bits per heavy atom. The Kier molecular flexibility index (Phi) is 5.15. The molecule has 0 bridgehead atoms. The molecule has 21 heavy (non-hydrogen) atoms. The van der Waals surface area contributed by atoms with E-state index in [1.165, 1.54) is 0 Å². The van der Waals surface area contributed by atoms with Crippen molar-refractivity contribution in [2.24, 2.45) is 11.8 Å². The minimum Gasteiger partial charge on any atom is -0.393 e. The summed E-state index contributed by atoms with van der Waals surface area (Å²) < 4.78 is 29.8. The van der Waals surface area contributed by atoms with Crippen molar-refractivity contribution in [1.82, 2.24) is 0 Å². The molecule has 0 unspecified atom stereocenters. The summed E-state index contributed by atoms with van der Waals surface area (Å²) in [5, 5.41) is 18.8. The molecule has 2 saturated heterocycles. The van der Waals surface area contributed by atoms with Gasteiger partial charge in [0.25, 0.3) is 6.10 Å². The van der Waals surface area contributed by atoms with Crippen molar-refractivity contribution in [1.29, 1.82) is 0 Å². The monoisotopic (exact) mass is 330 g/mol. The number of nitrogens with two attached hydrogens (primary N) is 2. The maximum Gasteiger partial charge on any atom is 0.646 e. The van der Waals surface area contributed by atoms with Gasteiger partial charge in [-0.15, -0.1) is 9.26 Å². The highest BCUT2D eigenvalue weighted by Gasteiger charge is 2.71. The van der Waals surface area contributed by atoms with Gasteiger partial charge in [-0.25, -0.2) is 0 Å². The molecule has 11 nitrogen and oxygen atoms in total. The van der Waals surface area contributed by atoms with Gasteiger partial charge in [0.1, 0.15) is 0 Å². The van der Waals surface area contributed by atoms with Gasteiger partial charge in [0.05, 0.1) is 11.5 Å². The van der Waals surface area contributed by atoms with E-state index in [-0.39, 0.29) is 0 Å². The number of hydrogen-bond donors (Lipinski definition) is 4. The van der Waals surface area contributed by atoms with Crippen LogP contribution in [-0.4, -0.2) is 53.3 Å². The fraction of sp³-hybridized carbons (Fsp3) is 1.00. The molecule has 2 radical (unpaired) electrons. The van der Waals surface area contributed by atoms with E-state index < -0.39 is 51.3 Å². The van der Waals surface area contributed by atoms with Gasteiger partial charge in [0.2, 0.25) is 12.2 Å². The molecule has 2 rings (SSSR count). The predicted molar refractivity (Wildman–Crippen MR) is 64.8 cm³/mol. The van der Waals surface area contributed by atoms with Crippen LogP contribution < -0.4 is 11.8 Å². The van der Waals surface area contributed by atoms with E-state index in [4.69, 9.17) is 35.6 Å². The van der Waals surface area contributed by atoms with Crippen LogP contribution >= 0.6 is 8.17 Å². The van der Waals surface area contributed by atoms with E-state index in [1.807, 2.05) is 0 Å². The van der Waals surface area contributed by atoms with Crippen molar-refractivity contribution < 1.29 is 43.1 Å². The van der Waals surface area contributed by atoms with Crippen molar-refractivity contribution >= 4 is 8.17 Å². The Labute approximate surface area is 121 Å². The first kappa shape index (κ1) is 17.3. The highest BCUT2D eigenvalue weighted by Crippen LogP contribution is 2.59. The van der Waals surface area contributed by atoms with Gasteiger partial charge >= 0.3 is 14.5 Å². The third kappa shape index (κ3) is 3.50. The summed E-state index contributed by atoms with van der Waals surface area (Å²) in [7, 11) is -4.26. The first-order chi connectivity index (χ1) is 9.75. The molecule has 0 aromatic rings. The lowest BCUT2D eigenvalue weighted by atomic mass is 10.1. The molecule has 2 fully saturated rings. The summed E-state index contributed by atoms with van der Waals surface area (Å²) >= 11 is 0. The fourth-order valence-electron chi connectivity index (χ4n) is 2.26. The Balaban J connectivity index is 2.19. The van der Waals surface area contributed by atoms with Gasteiger partial charge in [-0.05, 0) is 13.8 Å². The topological polar surface area (TPSA) is 170 Å². The Morgan fingerprint density at radius 2 is 2.00 bits per heavy atom. The highest BCUT2D eigenvalue weighted by molar-refractivity contribution is 7.55. The van der Waals surface area contributed by atoms with Crippen molar-refractivity contribution in [2.45, 2.75) is 50.3 Å². The number of ether oxygens (including phenoxy) is 3. The van der Waals surface area contributed by atoms with Crippen LogP contribution in [0.2, 0.25) is 0 Å². The first-order valence-electron chi connectivity index (χ1n) is 6.10. The molecule has 0 saturated carbocycles. The second kappa shape index (κ2) is 6.24. The van der Waals surface area contributed by atoms with Crippen LogP contribution in [0.5, 0.6) is 0 Å². The quantitative estimate of drug-likeness (QED) is 0.255. The molecular formula is C9H19N2O9P+2. The van der Waals surface area contributed by atoms with Gasteiger partial charge in [-0.1, -0.05) is 9.25 Å². The molecule has 12 heteroatoms. The minimum atomic E-state index is -4.26. The van der Waals surface area contributed by atoms with Crippen LogP contribution in [0, 0.1) is 0 Å². The van der Waals surface area contributed by atoms with Crippen LogP contribution in [-0.2, 0) is 32.9 Å². The number of hydrogen-bond acceptors (Lipinski definition) is 10. The lowest BCUT2D eigenvalue weighted by Crippen LogP contribution is -2.44. The molecule has 6 N–H and O–H groups in total. The molecule has 5 atom stereocenters. The maximum atomic E-state index is 11.9. The standard InChI is InChI=1S/C9H19N2O9P/c1-9(2)16-7-6(18-21(14,19-10)20-11)5(4(13)3-12)15-8(7)17-9/h4-8,12-13H,3,10-11H2,1-2H3/q+2/t4-,5-,6+,7-,8-/m1/s1. The molecule has 122 valence electrons. The average Bonchev–Trinajstić information content (AvgIpc) is 2.91. The SMILES string of the molecule is CC1(C)O[C@@H]2[C@@H](O[P+]([O])(ON)ON)[C@@H]([C@H](O)CO)[O+][C@@H]2O1. The van der Waals surface area contributed by atoms with Crippen molar-refractivity contribution in [3.05, 3.63) is 0 Å². The maximum absolute atomic E-state index is 11.9. The van der Waals surface area contributed by atoms with Crippen molar-refractivity contribution in [3.8, 4) is 0 Å². The van der Waals surface area contributed by atoms with Crippen LogP contribution in [0.3, 0.4) is 0 Å². The fourth-order valence-corrected chi connectivity index (χ4v) is 2.95. The first-order valence-corrected chi connectivity index (χ1v) is 7.57. The van der Waals surface area contributed by atoms with Crippen LogP contribution in [0.15, 0.2) is 0 Å². The van der Waals surface area contributed by atoms with E-state index in [0.29, 0.717) is 0 Å². The zero-order valence-corrected chi connectivity index (χ0v) is 12.3. The molecule has 0 amide bonds. The summed E-state index contributed by atoms with van der Waals surface area (Å²) in [6.45, 7) is 2.66. The lowest BCUT2D eigenvalue weighted by Gasteiger charge is -2.21. The van der Waals surface area contributed by atoms with E-state index in [2.05, 4.69) is 9.25 Å². The van der Waals surface area contributed by atoms with E-state index in [0.717, 1.165) is 0 Å². The predicted octanol–water partition coefficient (Wildman–Crippen LogP) is -1.51. The van der Waals surface area contributed by atoms with Gasteiger partial charge in [-0.2, -0.15) is 11.8 Å². The molecule has 2 heterocycles. The van der Waals surface area contributed by atoms with Crippen LogP contribution in [0.4, 0.5) is 0 Å². The Hall–Kier alpha value is -0.0100. The third-order valence-corrected chi connectivity index (χ3v) is 4.12. The second-order valence-corrected chi connectivity index (χ2v) is 6.57. The summed E-state index contributed by atoms with van der Waals surface area (Å²) in [4.78, 5) is 11.9. The zero-order valence-electron chi connectivity index (χ0n) is 11.4. The molecule has 2 aliphatic heterocycles. The van der Waals surface area contributed by atoms with Gasteiger partial charge in [-0.3, -0.25) is 4.74 Å². The second-order valence-electron chi connectivity index (χ2n) is 5.05. The molecular weight excluding hydrogens is 311 g/mol. The largest absolute Gasteiger partial charge is 0.646 e. The van der Waals surface area contributed by atoms with E-state index in [1.54, 1.807) is 13.8 Å². The van der Waals surface area contributed by atoms with Gasteiger partial charge < -0.3 is 14.9 Å². The molecule has 0 aromatic heterocycles. The minimum absolute atomic E-state index is 0.620. The average molecular weight is 330 g/mol. The summed E-state index contributed by atoms with van der Waals surface area (Å²) in [6.07, 6.45) is -5.30. The number of aliphatic hydroxyl groups excluding tert-OH is 2. The van der Waals surface area contributed by atoms with Crippen LogP contribution in [0.25, 0.3) is 0 Å². The summed E-state index contributed by atoms with van der Waals surface area (Å²) in [6, 6.07) is 0. The normalized spacial score (nSPS) is 36.7. The van der Waals surface area contributed by atoms with Crippen LogP contribution in [0.1, 0.15) is 13.8 Å². The number of aliphatic hydroxyl groups is 2. The summed E-state index contributed by atoms with van der Waals surface area (Å²) in [5.74, 6) is 8.68. The van der Waals surface area contributed by atoms with Gasteiger partial charge in [0, 0.05) is 0 Å². The lowest BCUT2D eigenvalue weighted by molar-refractivity contribution is -0.227. The number of rotatable bonds is 6. The van der Waals surface area contributed by atoms with E-state index in [9.17, 15) is 10.00 Å². The Bertz CT molecular complexity index is 369. The van der Waals surface area contributed by atoms with Crippen molar-refractivity contribution in [2.75, 3.05) is 6.61 Å². The summed E-state index contributed by atoms with van der Waals surface area (Å²) in [5.41, 5.74) is 0. The molecule has 2 aliphatic rings. The highest BCUT2D eigenvalue weighted by atomic mass is 31.2. The number of fused-ring (bicyclic) bond motifs is 1. The molecule has 0 spiro atoms.